The lowest BCUT2D eigenvalue weighted by molar-refractivity contribution is -0.0220. The van der Waals surface area contributed by atoms with Crippen LogP contribution in [-0.2, 0) is 4.74 Å². The van der Waals surface area contributed by atoms with Crippen molar-refractivity contribution < 1.29 is 22.7 Å². The summed E-state index contributed by atoms with van der Waals surface area (Å²) in [6.45, 7) is 0.125. The largest absolute Gasteiger partial charge is 0.465 e. The fourth-order valence-corrected chi connectivity index (χ4v) is 2.61. The number of halogens is 4. The van der Waals surface area contributed by atoms with Crippen molar-refractivity contribution in [1.29, 1.82) is 0 Å². The molecule has 0 amide bonds. The highest BCUT2D eigenvalue weighted by Gasteiger charge is 2.35. The van der Waals surface area contributed by atoms with Crippen molar-refractivity contribution in [1.82, 2.24) is 0 Å². The Morgan fingerprint density at radius 1 is 1.35 bits per heavy atom. The smallest absolute Gasteiger partial charge is 0.342 e. The van der Waals surface area contributed by atoms with Crippen LogP contribution in [0.4, 0.5) is 18.9 Å². The molecule has 0 bridgehead atoms. The number of piperidine rings is 1. The maximum absolute atomic E-state index is 13.9. The number of alkyl halides is 2. The predicted octanol–water partition coefficient (Wildman–Crippen LogP) is 3.61. The molecule has 110 valence electrons. The van der Waals surface area contributed by atoms with Crippen LogP contribution in [0.2, 0.25) is 0 Å². The Labute approximate surface area is 122 Å². The molecule has 0 N–H and O–H groups in total. The van der Waals surface area contributed by atoms with Crippen molar-refractivity contribution in [3.05, 3.63) is 28.0 Å². The Hall–Kier alpha value is -1.24. The van der Waals surface area contributed by atoms with Crippen molar-refractivity contribution in [2.24, 2.45) is 0 Å². The summed E-state index contributed by atoms with van der Waals surface area (Å²) in [5.74, 6) is -4.26. The van der Waals surface area contributed by atoms with Gasteiger partial charge < -0.3 is 9.64 Å². The second kappa shape index (κ2) is 5.63. The summed E-state index contributed by atoms with van der Waals surface area (Å²) >= 11 is 3.14. The topological polar surface area (TPSA) is 29.5 Å². The highest BCUT2D eigenvalue weighted by molar-refractivity contribution is 9.10. The van der Waals surface area contributed by atoms with E-state index in [1.165, 1.54) is 0 Å². The van der Waals surface area contributed by atoms with E-state index in [1.54, 1.807) is 11.0 Å². The number of anilines is 1. The van der Waals surface area contributed by atoms with Crippen LogP contribution in [0.15, 0.2) is 16.6 Å². The fraction of sp³-hybridized carbons (Fsp3) is 0.462. The van der Waals surface area contributed by atoms with Gasteiger partial charge in [0.2, 0.25) is 0 Å². The molecule has 0 radical (unpaired) electrons. The zero-order chi connectivity index (χ0) is 14.9. The Kier molecular flexibility index (Phi) is 4.27. The maximum atomic E-state index is 13.9. The van der Waals surface area contributed by atoms with Gasteiger partial charge in [-0.3, -0.25) is 0 Å². The highest BCUT2D eigenvalue weighted by Crippen LogP contribution is 2.34. The number of hydrogen-bond donors (Lipinski definition) is 0. The second-order valence-corrected chi connectivity index (χ2v) is 5.53. The van der Waals surface area contributed by atoms with E-state index in [0.29, 0.717) is 4.47 Å². The molecule has 2 rings (SSSR count). The van der Waals surface area contributed by atoms with Gasteiger partial charge in [-0.05, 0) is 12.1 Å². The van der Waals surface area contributed by atoms with Gasteiger partial charge in [0, 0.05) is 30.4 Å². The minimum Gasteiger partial charge on any atom is -0.465 e. The maximum Gasteiger partial charge on any atom is 0.342 e. The third-order valence-corrected chi connectivity index (χ3v) is 3.72. The standard InChI is InChI=1S/C13H13BrF3NO2/c1-20-12(19)11-9(15)6-8(14)7-10(11)18-4-2-13(16,17)3-5-18/h6-7H,2-5H2,1H3. The van der Waals surface area contributed by atoms with Crippen molar-refractivity contribution in [2.45, 2.75) is 18.8 Å². The molecule has 1 aromatic rings. The number of carbonyl (C=O) groups excluding carboxylic acids is 1. The number of nitrogens with zero attached hydrogens (tertiary/aromatic N) is 1. The third-order valence-electron chi connectivity index (χ3n) is 3.26. The molecule has 1 saturated heterocycles. The summed E-state index contributed by atoms with van der Waals surface area (Å²) in [5.41, 5.74) is 0.0557. The summed E-state index contributed by atoms with van der Waals surface area (Å²) < 4.78 is 45.3. The Bertz CT molecular complexity index is 527. The van der Waals surface area contributed by atoms with Gasteiger partial charge in [0.25, 0.3) is 5.92 Å². The molecule has 1 aromatic carbocycles. The monoisotopic (exact) mass is 351 g/mol. The molecular formula is C13H13BrF3NO2. The summed E-state index contributed by atoms with van der Waals surface area (Å²) in [7, 11) is 1.15. The first-order chi connectivity index (χ1) is 9.34. The van der Waals surface area contributed by atoms with Crippen molar-refractivity contribution in [3.63, 3.8) is 0 Å². The molecule has 0 spiro atoms. The normalized spacial score (nSPS) is 17.9. The molecule has 1 aliphatic rings. The molecule has 7 heteroatoms. The van der Waals surface area contributed by atoms with E-state index >= 15 is 0 Å². The average Bonchev–Trinajstić information content (AvgIpc) is 2.37. The van der Waals surface area contributed by atoms with E-state index in [0.717, 1.165) is 13.2 Å². The number of benzene rings is 1. The number of hydrogen-bond acceptors (Lipinski definition) is 3. The van der Waals surface area contributed by atoms with E-state index in [4.69, 9.17) is 0 Å². The van der Waals surface area contributed by atoms with Gasteiger partial charge in [-0.1, -0.05) is 15.9 Å². The van der Waals surface area contributed by atoms with Gasteiger partial charge in [-0.25, -0.2) is 18.0 Å². The number of methoxy groups -OCH3 is 1. The molecule has 3 nitrogen and oxygen atoms in total. The van der Waals surface area contributed by atoms with Crippen LogP contribution in [0.5, 0.6) is 0 Å². The lowest BCUT2D eigenvalue weighted by Gasteiger charge is -2.34. The first-order valence-electron chi connectivity index (χ1n) is 6.04. The summed E-state index contributed by atoms with van der Waals surface area (Å²) in [6, 6.07) is 2.69. The van der Waals surface area contributed by atoms with Crippen molar-refractivity contribution >= 4 is 27.6 Å². The quantitative estimate of drug-likeness (QED) is 0.762. The first-order valence-corrected chi connectivity index (χ1v) is 6.83. The van der Waals surface area contributed by atoms with Crippen LogP contribution in [0.25, 0.3) is 0 Å². The number of ether oxygens (including phenoxy) is 1. The van der Waals surface area contributed by atoms with Gasteiger partial charge in [0.15, 0.2) is 0 Å². The van der Waals surface area contributed by atoms with Crippen LogP contribution in [0.3, 0.4) is 0 Å². The Morgan fingerprint density at radius 3 is 2.50 bits per heavy atom. The van der Waals surface area contributed by atoms with E-state index < -0.39 is 17.7 Å². The number of esters is 1. The van der Waals surface area contributed by atoms with Crippen LogP contribution in [-0.4, -0.2) is 32.1 Å². The molecule has 20 heavy (non-hydrogen) atoms. The first kappa shape index (κ1) is 15.2. The van der Waals surface area contributed by atoms with Crippen LogP contribution >= 0.6 is 15.9 Å². The van der Waals surface area contributed by atoms with Crippen molar-refractivity contribution in [2.75, 3.05) is 25.1 Å². The summed E-state index contributed by atoms with van der Waals surface area (Å²) in [6.07, 6.45) is -0.635. The molecule has 1 fully saturated rings. The van der Waals surface area contributed by atoms with E-state index in [2.05, 4.69) is 20.7 Å². The average molecular weight is 352 g/mol. The Balaban J connectivity index is 2.38. The molecule has 0 saturated carbocycles. The highest BCUT2D eigenvalue weighted by atomic mass is 79.9. The van der Waals surface area contributed by atoms with E-state index in [1.807, 2.05) is 0 Å². The fourth-order valence-electron chi connectivity index (χ4n) is 2.19. The number of carbonyl (C=O) groups is 1. The van der Waals surface area contributed by atoms with E-state index in [9.17, 15) is 18.0 Å². The van der Waals surface area contributed by atoms with Crippen LogP contribution < -0.4 is 4.90 Å². The second-order valence-electron chi connectivity index (χ2n) is 4.62. The molecular weight excluding hydrogens is 339 g/mol. The van der Waals surface area contributed by atoms with Crippen molar-refractivity contribution in [3.8, 4) is 0 Å². The molecule has 1 heterocycles. The van der Waals surface area contributed by atoms with Crippen LogP contribution in [0.1, 0.15) is 23.2 Å². The zero-order valence-electron chi connectivity index (χ0n) is 10.8. The third kappa shape index (κ3) is 3.08. The van der Waals surface area contributed by atoms with Gasteiger partial charge in [-0.2, -0.15) is 0 Å². The lowest BCUT2D eigenvalue weighted by Crippen LogP contribution is -2.40. The lowest BCUT2D eigenvalue weighted by atomic mass is 10.0. The minimum absolute atomic E-state index is 0.0624. The predicted molar refractivity (Wildman–Crippen MR) is 71.8 cm³/mol. The summed E-state index contributed by atoms with van der Waals surface area (Å²) in [5, 5.41) is 0. The van der Waals surface area contributed by atoms with E-state index in [-0.39, 0.29) is 37.2 Å². The molecule has 0 aromatic heterocycles. The van der Waals surface area contributed by atoms with Gasteiger partial charge in [-0.15, -0.1) is 0 Å². The van der Waals surface area contributed by atoms with Crippen LogP contribution in [0, 0.1) is 5.82 Å². The molecule has 0 aliphatic carbocycles. The van der Waals surface area contributed by atoms with Gasteiger partial charge >= 0.3 is 5.97 Å². The summed E-state index contributed by atoms with van der Waals surface area (Å²) in [4.78, 5) is 13.3. The minimum atomic E-state index is -2.70. The molecule has 0 unspecified atom stereocenters. The SMILES string of the molecule is COC(=O)c1c(F)cc(Br)cc1N1CCC(F)(F)CC1. The molecule has 0 atom stereocenters. The van der Waals surface area contributed by atoms with Gasteiger partial charge in [0.1, 0.15) is 11.4 Å². The zero-order valence-corrected chi connectivity index (χ0v) is 12.3. The van der Waals surface area contributed by atoms with Gasteiger partial charge in [0.05, 0.1) is 12.8 Å². The number of rotatable bonds is 2. The Morgan fingerprint density at radius 2 is 1.95 bits per heavy atom. The molecule has 1 aliphatic heterocycles.